The summed E-state index contributed by atoms with van der Waals surface area (Å²) in [5.41, 5.74) is 1.58. The van der Waals surface area contributed by atoms with Crippen molar-refractivity contribution in [2.75, 3.05) is 39.2 Å². The number of benzene rings is 1. The van der Waals surface area contributed by atoms with Crippen molar-refractivity contribution in [3.05, 3.63) is 64.2 Å². The summed E-state index contributed by atoms with van der Waals surface area (Å²) in [4.78, 5) is 30.7. The van der Waals surface area contributed by atoms with Gasteiger partial charge in [0, 0.05) is 61.9 Å². The molecule has 240 valence electrons. The zero-order chi connectivity index (χ0) is 31.3. The number of nitrogens with zero attached hydrogens (tertiary/aromatic N) is 2. The predicted octanol–water partition coefficient (Wildman–Crippen LogP) is 3.62. The van der Waals surface area contributed by atoms with E-state index in [9.17, 15) is 18.0 Å². The first-order valence-corrected chi connectivity index (χ1v) is 17.2. The molecule has 1 amide bonds. The summed E-state index contributed by atoms with van der Waals surface area (Å²) in [6, 6.07) is 6.06. The number of hydrogen-bond acceptors (Lipinski definition) is 8. The van der Waals surface area contributed by atoms with E-state index in [1.54, 1.807) is 16.4 Å². The van der Waals surface area contributed by atoms with Crippen molar-refractivity contribution in [1.29, 1.82) is 0 Å². The molecule has 2 bridgehead atoms. The molecule has 0 radical (unpaired) electrons. The minimum Gasteiger partial charge on any atom is -0.453 e. The molecule has 1 unspecified atom stereocenters. The van der Waals surface area contributed by atoms with Gasteiger partial charge in [-0.1, -0.05) is 23.7 Å². The van der Waals surface area contributed by atoms with Crippen LogP contribution in [0.1, 0.15) is 54.7 Å². The fraction of sp³-hybridized carbons (Fsp3) is 0.581. The van der Waals surface area contributed by atoms with Gasteiger partial charge in [0.1, 0.15) is 5.82 Å². The first-order chi connectivity index (χ1) is 21.2. The van der Waals surface area contributed by atoms with Crippen molar-refractivity contribution in [2.24, 2.45) is 5.92 Å². The molecule has 1 aromatic heterocycles. The molecule has 5 rings (SSSR count). The Bertz CT molecular complexity index is 1420. The molecule has 3 fully saturated rings. The molecule has 2 aromatic rings. The fourth-order valence-corrected chi connectivity index (χ4v) is 8.77. The summed E-state index contributed by atoms with van der Waals surface area (Å²) in [5.74, 6) is -1.12. The van der Waals surface area contributed by atoms with Crippen LogP contribution in [0.25, 0.3) is 0 Å². The van der Waals surface area contributed by atoms with Crippen molar-refractivity contribution in [2.45, 2.75) is 69.0 Å². The Balaban J connectivity index is 1.40. The van der Waals surface area contributed by atoms with Gasteiger partial charge in [0.25, 0.3) is 0 Å². The highest BCUT2D eigenvalue weighted by molar-refractivity contribution is 7.89. The van der Waals surface area contributed by atoms with Gasteiger partial charge < -0.3 is 20.1 Å². The van der Waals surface area contributed by atoms with Crippen LogP contribution in [0.4, 0.5) is 9.18 Å². The second-order valence-corrected chi connectivity index (χ2v) is 14.3. The minimum atomic E-state index is -3.40. The van der Waals surface area contributed by atoms with Gasteiger partial charge >= 0.3 is 6.09 Å². The lowest BCUT2D eigenvalue weighted by Crippen LogP contribution is -2.57. The summed E-state index contributed by atoms with van der Waals surface area (Å²) < 4.78 is 53.2. The van der Waals surface area contributed by atoms with Crippen LogP contribution >= 0.6 is 11.6 Å². The average Bonchev–Trinajstić information content (AvgIpc) is 3.13. The number of carbonyl (C=O) groups is 2. The molecule has 2 N–H and O–H groups in total. The normalized spacial score (nSPS) is 24.9. The van der Waals surface area contributed by atoms with Crippen molar-refractivity contribution >= 4 is 33.5 Å². The molecule has 3 aliphatic rings. The van der Waals surface area contributed by atoms with E-state index in [4.69, 9.17) is 21.1 Å². The molecular formula is C31H40ClFN4O6S. The van der Waals surface area contributed by atoms with Crippen LogP contribution in [0.5, 0.6) is 0 Å². The van der Waals surface area contributed by atoms with Crippen LogP contribution in [0, 0.1) is 11.7 Å². The molecule has 0 spiro atoms. The van der Waals surface area contributed by atoms with Crippen LogP contribution in [-0.4, -0.2) is 86.9 Å². The van der Waals surface area contributed by atoms with E-state index < -0.39 is 33.9 Å². The number of Topliss-reactive ketones (excluding diaryl/α,β-unsaturated/α-hetero) is 1. The van der Waals surface area contributed by atoms with E-state index in [0.717, 1.165) is 18.2 Å². The molecule has 1 aromatic carbocycles. The number of rotatable bonds is 10. The van der Waals surface area contributed by atoms with E-state index in [-0.39, 0.29) is 42.4 Å². The molecular weight excluding hydrogens is 611 g/mol. The van der Waals surface area contributed by atoms with Crippen molar-refractivity contribution in [3.8, 4) is 0 Å². The summed E-state index contributed by atoms with van der Waals surface area (Å²) >= 11 is 6.17. The first-order valence-electron chi connectivity index (χ1n) is 15.2. The maximum Gasteiger partial charge on any atom is 0.407 e. The first kappa shape index (κ1) is 32.7. The number of fused-ring (bicyclic) bond motifs is 2. The van der Waals surface area contributed by atoms with Crippen LogP contribution in [0.3, 0.4) is 0 Å². The molecule has 5 atom stereocenters. The standard InChI is InChI=1S/C31H40ClFN4O6S/c1-42-31(39)36-30(29(21-10-12-43-13-11-21)20-4-6-23(32)7-5-20)28(38)15-22-16-34-18-27(33)26(22)9-8-25-17-35-24-3-2-14-44(40,41)37(25)19-24/h4-7,16,18,21,24-25,29-30,35H,2-3,8-15,17,19H2,1H3,(H,36,39)/t24-,25+,29+,30-/m1/s1. The topological polar surface area (TPSA) is 127 Å². The van der Waals surface area contributed by atoms with Gasteiger partial charge in [-0.25, -0.2) is 17.6 Å². The number of ether oxygens (including phenoxy) is 2. The highest BCUT2D eigenvalue weighted by atomic mass is 35.5. The van der Waals surface area contributed by atoms with Crippen molar-refractivity contribution < 1.29 is 31.9 Å². The fourth-order valence-electron chi connectivity index (χ4n) is 6.84. The number of aromatic nitrogens is 1. The second-order valence-electron chi connectivity index (χ2n) is 11.9. The Morgan fingerprint density at radius 2 is 1.95 bits per heavy atom. The molecule has 0 saturated carbocycles. The molecule has 3 aliphatic heterocycles. The van der Waals surface area contributed by atoms with Crippen molar-refractivity contribution in [1.82, 2.24) is 19.9 Å². The predicted molar refractivity (Wildman–Crippen MR) is 164 cm³/mol. The number of hydrogen-bond donors (Lipinski definition) is 2. The van der Waals surface area contributed by atoms with Crippen LogP contribution < -0.4 is 10.6 Å². The maximum absolute atomic E-state index is 15.3. The van der Waals surface area contributed by atoms with E-state index in [2.05, 4.69) is 15.6 Å². The van der Waals surface area contributed by atoms with Gasteiger partial charge in [0.2, 0.25) is 10.0 Å². The third-order valence-electron chi connectivity index (χ3n) is 9.14. The van der Waals surface area contributed by atoms with Gasteiger partial charge in [-0.2, -0.15) is 4.31 Å². The highest BCUT2D eigenvalue weighted by Crippen LogP contribution is 2.36. The number of pyridine rings is 1. The molecule has 3 saturated heterocycles. The Kier molecular flexibility index (Phi) is 10.9. The lowest BCUT2D eigenvalue weighted by Gasteiger charge is -2.37. The third kappa shape index (κ3) is 7.77. The molecule has 4 heterocycles. The number of sulfonamides is 1. The summed E-state index contributed by atoms with van der Waals surface area (Å²) in [5, 5.41) is 6.77. The van der Waals surface area contributed by atoms with Gasteiger partial charge in [0.15, 0.2) is 5.78 Å². The van der Waals surface area contributed by atoms with Gasteiger partial charge in [-0.15, -0.1) is 0 Å². The summed E-state index contributed by atoms with van der Waals surface area (Å²) in [6.45, 7) is 1.98. The molecule has 13 heteroatoms. The highest BCUT2D eigenvalue weighted by Gasteiger charge is 2.39. The lowest BCUT2D eigenvalue weighted by atomic mass is 9.74. The zero-order valence-corrected chi connectivity index (χ0v) is 26.4. The van der Waals surface area contributed by atoms with E-state index in [0.29, 0.717) is 68.1 Å². The molecule has 0 aliphatic carbocycles. The van der Waals surface area contributed by atoms with Gasteiger partial charge in [-0.3, -0.25) is 9.78 Å². The van der Waals surface area contributed by atoms with E-state index in [1.807, 2.05) is 12.1 Å². The van der Waals surface area contributed by atoms with E-state index >= 15 is 4.39 Å². The lowest BCUT2D eigenvalue weighted by molar-refractivity contribution is -0.121. The number of piperazine rings is 1. The molecule has 44 heavy (non-hydrogen) atoms. The Morgan fingerprint density at radius 1 is 1.20 bits per heavy atom. The Morgan fingerprint density at radius 3 is 2.68 bits per heavy atom. The van der Waals surface area contributed by atoms with Crippen LogP contribution in [0.2, 0.25) is 5.02 Å². The van der Waals surface area contributed by atoms with Crippen LogP contribution in [0.15, 0.2) is 36.7 Å². The number of nitrogens with one attached hydrogen (secondary N) is 2. The number of alkyl carbamates (subject to hydrolysis) is 1. The largest absolute Gasteiger partial charge is 0.453 e. The van der Waals surface area contributed by atoms with Crippen LogP contribution in [-0.2, 0) is 37.1 Å². The number of methoxy groups -OCH3 is 1. The zero-order valence-electron chi connectivity index (χ0n) is 24.8. The molecule has 10 nitrogen and oxygen atoms in total. The number of carbonyl (C=O) groups excluding carboxylic acids is 2. The quantitative estimate of drug-likeness (QED) is 0.399. The van der Waals surface area contributed by atoms with Gasteiger partial charge in [-0.05, 0) is 73.3 Å². The number of halogens is 2. The Labute approximate surface area is 263 Å². The summed E-state index contributed by atoms with van der Waals surface area (Å²) in [6.07, 6.45) is 5.11. The SMILES string of the molecule is COC(=O)N[C@H](C(=O)Cc1cncc(F)c1CC[C@H]1CN[C@@H]2CCCS(=O)(=O)N1C2)[C@@H](c1ccc(Cl)cc1)C1CCOCC1. The monoisotopic (exact) mass is 650 g/mol. The average molecular weight is 651 g/mol. The Hall–Kier alpha value is -2.64. The van der Waals surface area contributed by atoms with E-state index in [1.165, 1.54) is 13.3 Å². The van der Waals surface area contributed by atoms with Gasteiger partial charge in [0.05, 0.1) is 25.1 Å². The summed E-state index contributed by atoms with van der Waals surface area (Å²) in [7, 11) is -2.16. The minimum absolute atomic E-state index is 0.0272. The second kappa shape index (κ2) is 14.6. The van der Waals surface area contributed by atoms with Crippen molar-refractivity contribution in [3.63, 3.8) is 0 Å². The number of amides is 1. The number of ketones is 1. The smallest absolute Gasteiger partial charge is 0.407 e. The maximum atomic E-state index is 15.3. The third-order valence-corrected chi connectivity index (χ3v) is 11.4.